The van der Waals surface area contributed by atoms with Gasteiger partial charge in [0.2, 0.25) is 0 Å². The number of aromatic nitrogens is 2. The van der Waals surface area contributed by atoms with Crippen LogP contribution >= 0.6 is 11.3 Å². The Morgan fingerprint density at radius 1 is 1.00 bits per heavy atom. The maximum atomic E-state index is 13.3. The Hall–Kier alpha value is -3.51. The second-order valence-corrected chi connectivity index (χ2v) is 8.44. The summed E-state index contributed by atoms with van der Waals surface area (Å²) < 4.78 is 0. The molecule has 1 N–H and O–H groups in total. The quantitative estimate of drug-likeness (QED) is 0.475. The number of carbonyl (C=O) groups is 1. The van der Waals surface area contributed by atoms with Gasteiger partial charge in [-0.15, -0.1) is 11.3 Å². The molecule has 1 amide bonds. The van der Waals surface area contributed by atoms with Gasteiger partial charge in [0.25, 0.3) is 11.5 Å². The molecule has 0 spiro atoms. The van der Waals surface area contributed by atoms with Crippen molar-refractivity contribution >= 4 is 39.1 Å². The average molecular weight is 428 g/mol. The van der Waals surface area contributed by atoms with Crippen LogP contribution in [0.25, 0.3) is 33.0 Å². The van der Waals surface area contributed by atoms with Gasteiger partial charge in [-0.2, -0.15) is 0 Å². The van der Waals surface area contributed by atoms with Crippen molar-refractivity contribution in [2.24, 2.45) is 0 Å². The first kappa shape index (κ1) is 19.5. The first-order valence-corrected chi connectivity index (χ1v) is 11.2. The SMILES string of the molecule is O=C(C(=Cc1ccccc1)c1nc2scc(-c3ccccc3)c2c(=O)[nH]1)N1CCCC1. The summed E-state index contributed by atoms with van der Waals surface area (Å²) in [5.74, 6) is 0.225. The van der Waals surface area contributed by atoms with Crippen LogP contribution in [0.5, 0.6) is 0 Å². The molecule has 3 heterocycles. The summed E-state index contributed by atoms with van der Waals surface area (Å²) >= 11 is 1.42. The number of hydrogen-bond donors (Lipinski definition) is 1. The number of aromatic amines is 1. The maximum Gasteiger partial charge on any atom is 0.260 e. The summed E-state index contributed by atoms with van der Waals surface area (Å²) in [6.45, 7) is 1.46. The lowest BCUT2D eigenvalue weighted by Gasteiger charge is -2.17. The fourth-order valence-electron chi connectivity index (χ4n) is 3.94. The highest BCUT2D eigenvalue weighted by molar-refractivity contribution is 7.17. The fraction of sp³-hybridized carbons (Fsp3) is 0.160. The van der Waals surface area contributed by atoms with Crippen molar-refractivity contribution < 1.29 is 4.79 Å². The van der Waals surface area contributed by atoms with Gasteiger partial charge in [-0.05, 0) is 30.0 Å². The second kappa shape index (κ2) is 8.32. The lowest BCUT2D eigenvalue weighted by molar-refractivity contribution is -0.123. The largest absolute Gasteiger partial charge is 0.339 e. The smallest absolute Gasteiger partial charge is 0.260 e. The zero-order valence-corrected chi connectivity index (χ0v) is 17.7. The number of amides is 1. The van der Waals surface area contributed by atoms with Gasteiger partial charge in [0, 0.05) is 24.0 Å². The van der Waals surface area contributed by atoms with Crippen LogP contribution in [-0.4, -0.2) is 33.9 Å². The molecule has 0 bridgehead atoms. The summed E-state index contributed by atoms with van der Waals surface area (Å²) in [6, 6.07) is 19.5. The molecule has 1 aliphatic rings. The zero-order valence-electron chi connectivity index (χ0n) is 16.9. The minimum atomic E-state index is -0.228. The van der Waals surface area contributed by atoms with Crippen LogP contribution in [0.4, 0.5) is 0 Å². The number of benzene rings is 2. The van der Waals surface area contributed by atoms with E-state index in [1.165, 1.54) is 11.3 Å². The van der Waals surface area contributed by atoms with Gasteiger partial charge in [-0.3, -0.25) is 9.59 Å². The lowest BCUT2D eigenvalue weighted by atomic mass is 10.1. The number of likely N-dealkylation sites (tertiary alicyclic amines) is 1. The molecule has 31 heavy (non-hydrogen) atoms. The third-order valence-corrected chi connectivity index (χ3v) is 6.39. The molecule has 1 fully saturated rings. The van der Waals surface area contributed by atoms with E-state index in [-0.39, 0.29) is 11.5 Å². The highest BCUT2D eigenvalue weighted by Gasteiger charge is 2.25. The standard InChI is InChI=1S/C25H21N3O2S/c29-23-21-20(18-11-5-2-6-12-18)16-31-24(21)27-22(26-23)19(15-17-9-3-1-4-10-17)25(30)28-13-7-8-14-28/h1-6,9-12,15-16H,7-8,13-14H2,(H,26,27,29). The van der Waals surface area contributed by atoms with Crippen molar-refractivity contribution in [2.45, 2.75) is 12.8 Å². The van der Waals surface area contributed by atoms with Crippen molar-refractivity contribution in [1.29, 1.82) is 0 Å². The van der Waals surface area contributed by atoms with Crippen LogP contribution in [-0.2, 0) is 4.79 Å². The van der Waals surface area contributed by atoms with E-state index in [4.69, 9.17) is 4.98 Å². The highest BCUT2D eigenvalue weighted by Crippen LogP contribution is 2.31. The number of rotatable bonds is 4. The molecule has 1 aliphatic heterocycles. The lowest BCUT2D eigenvalue weighted by Crippen LogP contribution is -2.29. The molecule has 0 radical (unpaired) electrons. The normalized spacial score (nSPS) is 14.3. The summed E-state index contributed by atoms with van der Waals surface area (Å²) in [4.78, 5) is 36.5. The van der Waals surface area contributed by atoms with Crippen LogP contribution in [0.2, 0.25) is 0 Å². The van der Waals surface area contributed by atoms with Gasteiger partial charge in [0.15, 0.2) is 0 Å². The summed E-state index contributed by atoms with van der Waals surface area (Å²) in [5.41, 5.74) is 2.92. The molecule has 0 saturated carbocycles. The Balaban J connectivity index is 1.64. The predicted molar refractivity (Wildman–Crippen MR) is 126 cm³/mol. The van der Waals surface area contributed by atoms with Gasteiger partial charge >= 0.3 is 0 Å². The number of fused-ring (bicyclic) bond motifs is 1. The van der Waals surface area contributed by atoms with E-state index < -0.39 is 0 Å². The van der Waals surface area contributed by atoms with Crippen molar-refractivity contribution in [3.05, 3.63) is 87.8 Å². The van der Waals surface area contributed by atoms with E-state index in [0.29, 0.717) is 21.6 Å². The third kappa shape index (κ3) is 3.82. The minimum Gasteiger partial charge on any atom is -0.339 e. The number of nitrogens with zero attached hydrogens (tertiary/aromatic N) is 2. The van der Waals surface area contributed by atoms with E-state index in [0.717, 1.165) is 42.6 Å². The minimum absolute atomic E-state index is 0.0938. The van der Waals surface area contributed by atoms with Gasteiger partial charge in [-0.1, -0.05) is 60.7 Å². The average Bonchev–Trinajstić information content (AvgIpc) is 3.49. The number of H-pyrrole nitrogens is 1. The molecule has 0 unspecified atom stereocenters. The molecule has 6 heteroatoms. The van der Waals surface area contributed by atoms with Crippen LogP contribution in [0.3, 0.4) is 0 Å². The molecule has 5 nitrogen and oxygen atoms in total. The Bertz CT molecular complexity index is 1320. The molecular weight excluding hydrogens is 406 g/mol. The Kier molecular flexibility index (Phi) is 5.22. The number of nitrogens with one attached hydrogen (secondary N) is 1. The van der Waals surface area contributed by atoms with Gasteiger partial charge in [0.05, 0.1) is 11.0 Å². The number of thiophene rings is 1. The molecule has 2 aromatic carbocycles. The number of hydrogen-bond acceptors (Lipinski definition) is 4. The van der Waals surface area contributed by atoms with Crippen LogP contribution in [0.15, 0.2) is 70.8 Å². The molecule has 0 aliphatic carbocycles. The van der Waals surface area contributed by atoms with Gasteiger partial charge in [-0.25, -0.2) is 4.98 Å². The second-order valence-electron chi connectivity index (χ2n) is 7.58. The predicted octanol–water partition coefficient (Wildman–Crippen LogP) is 4.81. The summed E-state index contributed by atoms with van der Waals surface area (Å²) in [5, 5.41) is 2.52. The molecule has 1 saturated heterocycles. The maximum absolute atomic E-state index is 13.3. The van der Waals surface area contributed by atoms with E-state index >= 15 is 0 Å². The van der Waals surface area contributed by atoms with Crippen molar-refractivity contribution in [3.63, 3.8) is 0 Å². The van der Waals surface area contributed by atoms with Crippen LogP contribution < -0.4 is 5.56 Å². The van der Waals surface area contributed by atoms with Crippen molar-refractivity contribution in [2.75, 3.05) is 13.1 Å². The topological polar surface area (TPSA) is 66.1 Å². The van der Waals surface area contributed by atoms with Gasteiger partial charge in [0.1, 0.15) is 10.7 Å². The number of carbonyl (C=O) groups excluding carboxylic acids is 1. The summed E-state index contributed by atoms with van der Waals surface area (Å²) in [6.07, 6.45) is 3.81. The van der Waals surface area contributed by atoms with Crippen molar-refractivity contribution in [1.82, 2.24) is 14.9 Å². The molecular formula is C25H21N3O2S. The third-order valence-electron chi connectivity index (χ3n) is 5.52. The Labute approximate surface area is 183 Å². The zero-order chi connectivity index (χ0) is 21.2. The fourth-order valence-corrected chi connectivity index (χ4v) is 4.89. The Morgan fingerprint density at radius 2 is 1.68 bits per heavy atom. The molecule has 4 aromatic rings. The van der Waals surface area contributed by atoms with E-state index in [9.17, 15) is 9.59 Å². The van der Waals surface area contributed by atoms with E-state index in [1.54, 1.807) is 0 Å². The summed E-state index contributed by atoms with van der Waals surface area (Å²) in [7, 11) is 0. The Morgan fingerprint density at radius 3 is 2.39 bits per heavy atom. The van der Waals surface area contributed by atoms with E-state index in [2.05, 4.69) is 4.98 Å². The molecule has 154 valence electrons. The van der Waals surface area contributed by atoms with Crippen LogP contribution in [0, 0.1) is 0 Å². The molecule has 2 aromatic heterocycles. The van der Waals surface area contributed by atoms with E-state index in [1.807, 2.05) is 77.0 Å². The first-order valence-electron chi connectivity index (χ1n) is 10.3. The van der Waals surface area contributed by atoms with Crippen LogP contribution in [0.1, 0.15) is 24.2 Å². The first-order chi connectivity index (χ1) is 15.2. The molecule has 0 atom stereocenters. The van der Waals surface area contributed by atoms with Crippen molar-refractivity contribution in [3.8, 4) is 11.1 Å². The highest BCUT2D eigenvalue weighted by atomic mass is 32.1. The monoisotopic (exact) mass is 427 g/mol. The molecule has 5 rings (SSSR count). The van der Waals surface area contributed by atoms with Gasteiger partial charge < -0.3 is 9.88 Å².